The second-order valence-electron chi connectivity index (χ2n) is 17.2. The van der Waals surface area contributed by atoms with Crippen LogP contribution in [0.25, 0.3) is 50.2 Å². The van der Waals surface area contributed by atoms with Gasteiger partial charge in [-0.3, -0.25) is 0 Å². The summed E-state index contributed by atoms with van der Waals surface area (Å²) in [6.07, 6.45) is 4.84. The van der Waals surface area contributed by atoms with Gasteiger partial charge in [0.05, 0.1) is 28.3 Å². The van der Waals surface area contributed by atoms with Gasteiger partial charge in [0.25, 0.3) is 0 Å². The lowest BCUT2D eigenvalue weighted by Crippen LogP contribution is -2.74. The summed E-state index contributed by atoms with van der Waals surface area (Å²) in [4.78, 5) is 2.67. The predicted octanol–water partition coefficient (Wildman–Crippen LogP) is 12.1. The van der Waals surface area contributed by atoms with Crippen LogP contribution in [-0.4, -0.2) is 17.2 Å². The Morgan fingerprint density at radius 1 is 0.359 bits per heavy atom. The molecule has 0 N–H and O–H groups in total. The molecule has 0 spiro atoms. The van der Waals surface area contributed by atoms with Gasteiger partial charge in [0.15, 0.2) is 8.07 Å². The van der Waals surface area contributed by atoms with Crippen LogP contribution >= 0.6 is 0 Å². The minimum absolute atomic E-state index is 0.0601. The van der Waals surface area contributed by atoms with Gasteiger partial charge in [-0.25, -0.2) is 0 Å². The van der Waals surface area contributed by atoms with Gasteiger partial charge >= 0.3 is 0 Å². The Morgan fingerprint density at radius 2 is 0.875 bits per heavy atom. The van der Waals surface area contributed by atoms with Crippen molar-refractivity contribution in [2.24, 2.45) is 0 Å². The van der Waals surface area contributed by atoms with E-state index in [0.717, 1.165) is 5.69 Å². The van der Waals surface area contributed by atoms with Crippen molar-refractivity contribution in [3.63, 3.8) is 0 Å². The molecule has 2 unspecified atom stereocenters. The van der Waals surface area contributed by atoms with Crippen molar-refractivity contribution in [3.8, 4) is 11.4 Å². The first-order valence-electron chi connectivity index (χ1n) is 22.3. The van der Waals surface area contributed by atoms with Crippen LogP contribution in [0.3, 0.4) is 0 Å². The van der Waals surface area contributed by atoms with Crippen molar-refractivity contribution in [1.29, 1.82) is 0 Å². The molecule has 1 aliphatic heterocycles. The van der Waals surface area contributed by atoms with Gasteiger partial charge in [-0.15, -0.1) is 0 Å². The molecule has 2 aliphatic rings. The smallest absolute Gasteiger partial charge is 0.179 e. The number of nitrogens with zero attached hydrogens (tertiary/aromatic N) is 3. The molecule has 4 heteroatoms. The fourth-order valence-electron chi connectivity index (χ4n) is 11.4. The number of hydrogen-bond acceptors (Lipinski definition) is 1. The van der Waals surface area contributed by atoms with E-state index in [1.165, 1.54) is 87.3 Å². The van der Waals surface area contributed by atoms with Crippen LogP contribution in [0.15, 0.2) is 243 Å². The van der Waals surface area contributed by atoms with E-state index in [-0.39, 0.29) is 12.0 Å². The van der Waals surface area contributed by atoms with Gasteiger partial charge < -0.3 is 14.0 Å². The van der Waals surface area contributed by atoms with Crippen LogP contribution < -0.4 is 25.6 Å². The maximum atomic E-state index is 2.67. The third kappa shape index (κ3) is 5.33. The summed E-state index contributed by atoms with van der Waals surface area (Å²) in [6.45, 7) is 0. The summed E-state index contributed by atoms with van der Waals surface area (Å²) in [7, 11) is -3.02. The number of hydrogen-bond donors (Lipinski definition) is 0. The Morgan fingerprint density at radius 3 is 1.58 bits per heavy atom. The Kier molecular flexibility index (Phi) is 8.37. The summed E-state index contributed by atoms with van der Waals surface area (Å²) >= 11 is 0. The van der Waals surface area contributed by atoms with Crippen LogP contribution in [0.1, 0.15) is 28.8 Å². The zero-order valence-corrected chi connectivity index (χ0v) is 36.2. The first kappa shape index (κ1) is 36.7. The van der Waals surface area contributed by atoms with E-state index in [1.807, 2.05) is 0 Å². The summed E-state index contributed by atoms with van der Waals surface area (Å²) in [5.74, 6) is 0.190. The minimum Gasteiger partial charge on any atom is -0.333 e. The summed E-state index contributed by atoms with van der Waals surface area (Å²) < 4.78 is 4.92. The Labute approximate surface area is 374 Å². The lowest BCUT2D eigenvalue weighted by atomic mass is 9.84. The maximum Gasteiger partial charge on any atom is 0.179 e. The number of anilines is 2. The first-order chi connectivity index (χ1) is 31.8. The largest absolute Gasteiger partial charge is 0.333 e. The highest BCUT2D eigenvalue weighted by Gasteiger charge is 2.46. The summed E-state index contributed by atoms with van der Waals surface area (Å²) in [5, 5.41) is 9.23. The molecule has 0 bridgehead atoms. The molecule has 13 rings (SSSR count). The van der Waals surface area contributed by atoms with Crippen LogP contribution in [0.4, 0.5) is 11.4 Å². The van der Waals surface area contributed by atoms with Crippen molar-refractivity contribution in [2.75, 3.05) is 4.90 Å². The lowest BCUT2D eigenvalue weighted by Gasteiger charge is -2.36. The van der Waals surface area contributed by atoms with Gasteiger partial charge in [0.2, 0.25) is 0 Å². The molecule has 11 aromatic rings. The fraction of sp³-hybridized carbons (Fsp3) is 0.0333. The summed E-state index contributed by atoms with van der Waals surface area (Å²) in [5.41, 5.74) is 12.5. The number of para-hydroxylation sites is 5. The quantitative estimate of drug-likeness (QED) is 0.115. The molecule has 2 aromatic heterocycles. The third-order valence-corrected chi connectivity index (χ3v) is 18.7. The molecule has 2 atom stereocenters. The highest BCUT2D eigenvalue weighted by molar-refractivity contribution is 7.20. The molecule has 9 aromatic carbocycles. The summed E-state index contributed by atoms with van der Waals surface area (Å²) in [6, 6.07) is 88.4. The minimum atomic E-state index is -3.02. The highest BCUT2D eigenvalue weighted by Crippen LogP contribution is 2.57. The van der Waals surface area contributed by atoms with Crippen molar-refractivity contribution >= 4 is 79.0 Å². The number of rotatable bonds is 7. The van der Waals surface area contributed by atoms with E-state index < -0.39 is 8.07 Å². The lowest BCUT2D eigenvalue weighted by molar-refractivity contribution is 0.669. The van der Waals surface area contributed by atoms with E-state index in [1.54, 1.807) is 0 Å². The standard InChI is InChI=1S/C60H43N3Si/c1-5-20-42(21-6-1)61-56-35-18-15-32-53(56)59-57(61)39-38-52-50-31-14-17-34-55(50)63(60(52)59)44-24-19-29-47(40-44)64(45-25-9-3-10-26-45,46-27-11-4-12-28-46)48-36-37-51-49-30-13-16-33-54(49)62(58(51)41-48)43-22-7-2-8-23-43/h1-41,52,60H. The zero-order valence-electron chi connectivity index (χ0n) is 35.2. The second-order valence-corrected chi connectivity index (χ2v) is 21.0. The normalized spacial score (nSPS) is 15.4. The number of benzene rings is 9. The van der Waals surface area contributed by atoms with Crippen molar-refractivity contribution < 1.29 is 0 Å². The average Bonchev–Trinajstić information content (AvgIpc) is 4.01. The van der Waals surface area contributed by atoms with E-state index in [0.29, 0.717) is 0 Å². The Hall–Kier alpha value is -7.92. The van der Waals surface area contributed by atoms with E-state index in [2.05, 4.69) is 263 Å². The number of fused-ring (bicyclic) bond motifs is 10. The van der Waals surface area contributed by atoms with Crippen LogP contribution in [0.5, 0.6) is 0 Å². The van der Waals surface area contributed by atoms with Gasteiger partial charge in [0.1, 0.15) is 0 Å². The molecule has 1 aliphatic carbocycles. The average molecular weight is 834 g/mol. The molecule has 3 heterocycles. The predicted molar refractivity (Wildman–Crippen MR) is 271 cm³/mol. The fourth-order valence-corrected chi connectivity index (χ4v) is 16.2. The van der Waals surface area contributed by atoms with Gasteiger partial charge in [0, 0.05) is 50.4 Å². The maximum absolute atomic E-state index is 3.02. The molecular formula is C60H43N3Si. The van der Waals surface area contributed by atoms with Gasteiger partial charge in [-0.1, -0.05) is 182 Å². The Balaban J connectivity index is 1.08. The molecule has 0 saturated heterocycles. The molecule has 3 nitrogen and oxygen atoms in total. The van der Waals surface area contributed by atoms with Crippen LogP contribution in [-0.2, 0) is 0 Å². The highest BCUT2D eigenvalue weighted by atomic mass is 28.3. The molecule has 64 heavy (non-hydrogen) atoms. The second kappa shape index (κ2) is 14.6. The van der Waals surface area contributed by atoms with E-state index in [4.69, 9.17) is 0 Å². The molecule has 302 valence electrons. The topological polar surface area (TPSA) is 13.1 Å². The van der Waals surface area contributed by atoms with Gasteiger partial charge in [-0.2, -0.15) is 0 Å². The third-order valence-electron chi connectivity index (χ3n) is 14.0. The SMILES string of the molecule is C1=CC2c3ccccc3N(c3cccc([Si](c4ccccc4)(c4ccccc4)c4ccc5c6ccccc6n(-c6ccccc6)c5c4)c3)C2c2c1n(-c1ccccc1)c1ccccc21. The Bertz CT molecular complexity index is 3530. The van der Waals surface area contributed by atoms with Crippen LogP contribution in [0.2, 0.25) is 0 Å². The molecule has 0 fully saturated rings. The molecule has 0 amide bonds. The molecular weight excluding hydrogens is 791 g/mol. The van der Waals surface area contributed by atoms with Crippen molar-refractivity contribution in [1.82, 2.24) is 9.13 Å². The molecule has 0 saturated carbocycles. The van der Waals surface area contributed by atoms with Crippen molar-refractivity contribution in [2.45, 2.75) is 12.0 Å². The molecule has 0 radical (unpaired) electrons. The van der Waals surface area contributed by atoms with Crippen molar-refractivity contribution in [3.05, 3.63) is 259 Å². The van der Waals surface area contributed by atoms with E-state index >= 15 is 0 Å². The monoisotopic (exact) mass is 833 g/mol. The van der Waals surface area contributed by atoms with E-state index in [9.17, 15) is 0 Å². The zero-order chi connectivity index (χ0) is 42.2. The first-order valence-corrected chi connectivity index (χ1v) is 24.3. The van der Waals surface area contributed by atoms with Gasteiger partial charge in [-0.05, 0) is 93.1 Å². The van der Waals surface area contributed by atoms with Crippen LogP contribution in [0, 0.1) is 0 Å². The number of aromatic nitrogens is 2.